The Balaban J connectivity index is 2.23. The van der Waals surface area contributed by atoms with Gasteiger partial charge in [-0.2, -0.15) is 0 Å². The van der Waals surface area contributed by atoms with Crippen LogP contribution < -0.4 is 9.64 Å². The molecule has 0 aliphatic carbocycles. The molecule has 3 aromatic rings. The Hall–Kier alpha value is -2.88. The van der Waals surface area contributed by atoms with Crippen molar-refractivity contribution in [3.63, 3.8) is 0 Å². The third-order valence-corrected chi connectivity index (χ3v) is 6.26. The number of pyridine rings is 1. The van der Waals surface area contributed by atoms with Gasteiger partial charge < -0.3 is 4.74 Å². The summed E-state index contributed by atoms with van der Waals surface area (Å²) in [5, 5.41) is 0.900. The van der Waals surface area contributed by atoms with Crippen LogP contribution in [0.25, 0.3) is 10.9 Å². The van der Waals surface area contributed by atoms with Crippen LogP contribution >= 0.6 is 0 Å². The van der Waals surface area contributed by atoms with Gasteiger partial charge in [0.25, 0.3) is 0 Å². The number of aryl methyl sites for hydroxylation is 3. The summed E-state index contributed by atoms with van der Waals surface area (Å²) in [5.41, 5.74) is 7.58. The molecule has 4 heteroatoms. The average molecular weight is 431 g/mol. The zero-order chi connectivity index (χ0) is 23.7. The number of hydrogen-bond donors (Lipinski definition) is 0. The van der Waals surface area contributed by atoms with Crippen LogP contribution in [-0.4, -0.2) is 10.9 Å². The number of hydrogen-bond acceptors (Lipinski definition) is 3. The normalized spacial score (nSPS) is 13.6. The van der Waals surface area contributed by atoms with Gasteiger partial charge in [0.2, 0.25) is 5.91 Å². The summed E-state index contributed by atoms with van der Waals surface area (Å²) >= 11 is 0. The van der Waals surface area contributed by atoms with Crippen molar-refractivity contribution in [1.29, 1.82) is 0 Å². The number of rotatable bonds is 0. The summed E-state index contributed by atoms with van der Waals surface area (Å²) in [6.07, 6.45) is 0. The minimum Gasteiger partial charge on any atom is -0.454 e. The minimum absolute atomic E-state index is 0.0394. The molecular formula is C28H34N2O2. The van der Waals surface area contributed by atoms with E-state index in [1.54, 1.807) is 6.92 Å². The Morgan fingerprint density at radius 2 is 1.56 bits per heavy atom. The van der Waals surface area contributed by atoms with E-state index in [9.17, 15) is 4.79 Å². The van der Waals surface area contributed by atoms with Crippen molar-refractivity contribution in [1.82, 2.24) is 4.98 Å². The van der Waals surface area contributed by atoms with Crippen LogP contribution in [0.1, 0.15) is 76.4 Å². The first-order chi connectivity index (χ1) is 14.7. The van der Waals surface area contributed by atoms with Crippen molar-refractivity contribution in [3.8, 4) is 11.5 Å². The van der Waals surface area contributed by atoms with Crippen molar-refractivity contribution in [2.24, 2.45) is 0 Å². The van der Waals surface area contributed by atoms with Crippen LogP contribution in [0.3, 0.4) is 0 Å². The van der Waals surface area contributed by atoms with E-state index in [0.29, 0.717) is 0 Å². The number of aromatic nitrogens is 1. The lowest BCUT2D eigenvalue weighted by atomic mass is 9.79. The number of ether oxygens (including phenoxy) is 1. The second-order valence-corrected chi connectivity index (χ2v) is 11.2. The van der Waals surface area contributed by atoms with E-state index in [2.05, 4.69) is 73.6 Å². The van der Waals surface area contributed by atoms with Gasteiger partial charge in [-0.25, -0.2) is 0 Å². The zero-order valence-corrected chi connectivity index (χ0v) is 21.0. The number of amides is 1. The topological polar surface area (TPSA) is 42.4 Å². The third kappa shape index (κ3) is 3.46. The maximum Gasteiger partial charge on any atom is 0.228 e. The molecular weight excluding hydrogens is 396 g/mol. The van der Waals surface area contributed by atoms with Crippen LogP contribution in [0, 0.1) is 20.8 Å². The molecule has 0 saturated heterocycles. The highest BCUT2D eigenvalue weighted by Crippen LogP contribution is 2.52. The van der Waals surface area contributed by atoms with Crippen LogP contribution in [0.4, 0.5) is 11.4 Å². The molecule has 0 fully saturated rings. The van der Waals surface area contributed by atoms with E-state index in [-0.39, 0.29) is 16.7 Å². The number of benzene rings is 2. The van der Waals surface area contributed by atoms with Crippen molar-refractivity contribution < 1.29 is 9.53 Å². The summed E-state index contributed by atoms with van der Waals surface area (Å²) in [6, 6.07) is 8.48. The second kappa shape index (κ2) is 7.06. The van der Waals surface area contributed by atoms with Gasteiger partial charge >= 0.3 is 0 Å². The molecule has 0 bridgehead atoms. The fourth-order valence-corrected chi connectivity index (χ4v) is 4.62. The van der Waals surface area contributed by atoms with E-state index in [1.165, 1.54) is 5.56 Å². The maximum atomic E-state index is 13.2. The molecule has 168 valence electrons. The summed E-state index contributed by atoms with van der Waals surface area (Å²) in [5.74, 6) is 1.47. The van der Waals surface area contributed by atoms with E-state index in [0.717, 1.165) is 56.2 Å². The van der Waals surface area contributed by atoms with Gasteiger partial charge in [0.05, 0.1) is 22.3 Å². The van der Waals surface area contributed by atoms with E-state index in [4.69, 9.17) is 9.72 Å². The molecule has 32 heavy (non-hydrogen) atoms. The monoisotopic (exact) mass is 430 g/mol. The van der Waals surface area contributed by atoms with E-state index < -0.39 is 0 Å². The third-order valence-electron chi connectivity index (χ3n) is 6.26. The standard InChI is InChI=1S/C28H34N2O2/c1-15-11-16(2)25-23-22(12-17(3)29-24(15)23)32-26-20(28(8,9)10)13-19(27(5,6)7)14-21(26)30(25)18(4)31/h11-14H,1-10H3. The van der Waals surface area contributed by atoms with Crippen molar-refractivity contribution in [3.05, 3.63) is 52.2 Å². The molecule has 0 N–H and O–H groups in total. The van der Waals surface area contributed by atoms with Gasteiger partial charge in [0.1, 0.15) is 5.75 Å². The Kier molecular flexibility index (Phi) is 4.92. The molecule has 1 aromatic heterocycles. The average Bonchev–Trinajstić information content (AvgIpc) is 2.78. The number of nitrogens with zero attached hydrogens (tertiary/aromatic N) is 2. The molecule has 2 heterocycles. The van der Waals surface area contributed by atoms with Gasteiger partial charge in [-0.05, 0) is 54.4 Å². The highest BCUT2D eigenvalue weighted by atomic mass is 16.5. The van der Waals surface area contributed by atoms with E-state index in [1.807, 2.05) is 17.9 Å². The van der Waals surface area contributed by atoms with Gasteiger partial charge in [-0.15, -0.1) is 0 Å². The molecule has 1 amide bonds. The lowest BCUT2D eigenvalue weighted by Gasteiger charge is -2.31. The van der Waals surface area contributed by atoms with Crippen LogP contribution in [0.2, 0.25) is 0 Å². The zero-order valence-electron chi connectivity index (χ0n) is 21.0. The quantitative estimate of drug-likeness (QED) is 0.370. The molecule has 4 nitrogen and oxygen atoms in total. The highest BCUT2D eigenvalue weighted by molar-refractivity contribution is 6.12. The molecule has 1 aliphatic rings. The van der Waals surface area contributed by atoms with Gasteiger partial charge in [0, 0.05) is 24.2 Å². The fourth-order valence-electron chi connectivity index (χ4n) is 4.62. The summed E-state index contributed by atoms with van der Waals surface area (Å²) < 4.78 is 6.74. The number of anilines is 2. The van der Waals surface area contributed by atoms with E-state index >= 15 is 0 Å². The highest BCUT2D eigenvalue weighted by Gasteiger charge is 2.34. The molecule has 2 aromatic carbocycles. The molecule has 0 atom stereocenters. The predicted octanol–water partition coefficient (Wildman–Crippen LogP) is 7.55. The molecule has 0 radical (unpaired) electrons. The number of carbonyl (C=O) groups is 1. The van der Waals surface area contributed by atoms with Gasteiger partial charge in [-0.3, -0.25) is 14.7 Å². The summed E-state index contributed by atoms with van der Waals surface area (Å²) in [4.78, 5) is 19.9. The van der Waals surface area contributed by atoms with Gasteiger partial charge in [0.15, 0.2) is 5.75 Å². The summed E-state index contributed by atoms with van der Waals surface area (Å²) in [7, 11) is 0. The number of fused-ring (bicyclic) bond motifs is 1. The first kappa shape index (κ1) is 22.3. The van der Waals surface area contributed by atoms with Crippen LogP contribution in [0.15, 0.2) is 24.3 Å². The molecule has 1 aliphatic heterocycles. The Bertz CT molecular complexity index is 1270. The summed E-state index contributed by atoms with van der Waals surface area (Å²) in [6.45, 7) is 20.9. The lowest BCUT2D eigenvalue weighted by molar-refractivity contribution is -0.115. The first-order valence-corrected chi connectivity index (χ1v) is 11.3. The maximum absolute atomic E-state index is 13.2. The van der Waals surface area contributed by atoms with Crippen LogP contribution in [0.5, 0.6) is 11.5 Å². The molecule has 0 unspecified atom stereocenters. The molecule has 0 spiro atoms. The largest absolute Gasteiger partial charge is 0.454 e. The molecule has 0 saturated carbocycles. The Labute approximate surface area is 191 Å². The van der Waals surface area contributed by atoms with Crippen LogP contribution in [-0.2, 0) is 15.6 Å². The fraction of sp³-hybridized carbons (Fsp3) is 0.429. The van der Waals surface area contributed by atoms with Crippen molar-refractivity contribution in [2.45, 2.75) is 80.1 Å². The smallest absolute Gasteiger partial charge is 0.228 e. The predicted molar refractivity (Wildman–Crippen MR) is 133 cm³/mol. The van der Waals surface area contributed by atoms with Crippen molar-refractivity contribution >= 4 is 28.2 Å². The Morgan fingerprint density at radius 3 is 2.12 bits per heavy atom. The number of carbonyl (C=O) groups excluding carboxylic acids is 1. The molecule has 4 rings (SSSR count). The second-order valence-electron chi connectivity index (χ2n) is 11.2. The van der Waals surface area contributed by atoms with Crippen molar-refractivity contribution in [2.75, 3.05) is 4.90 Å². The SMILES string of the molecule is CC(=O)N1c2cc(C(C)(C)C)cc(C(C)(C)C)c2Oc2cc(C)nc3c(C)cc(C)c1c23. The first-order valence-electron chi connectivity index (χ1n) is 11.3. The minimum atomic E-state index is -0.170. The Morgan fingerprint density at radius 1 is 0.906 bits per heavy atom. The van der Waals surface area contributed by atoms with Gasteiger partial charge in [-0.1, -0.05) is 53.7 Å². The lowest BCUT2D eigenvalue weighted by Crippen LogP contribution is -2.26.